The van der Waals surface area contributed by atoms with Gasteiger partial charge in [-0.25, -0.2) is 4.98 Å². The number of hydrogen-bond acceptors (Lipinski definition) is 9. The number of allylic oxidation sites excluding steroid dienone is 1. The summed E-state index contributed by atoms with van der Waals surface area (Å²) in [7, 11) is 0. The van der Waals surface area contributed by atoms with Crippen molar-refractivity contribution >= 4 is 52.2 Å². The first-order chi connectivity index (χ1) is 25.0. The summed E-state index contributed by atoms with van der Waals surface area (Å²) in [5.74, 6) is -2.06. The number of nitrogens with two attached hydrogens (primary N) is 1. The van der Waals surface area contributed by atoms with Crippen molar-refractivity contribution in [2.24, 2.45) is 11.1 Å². The SMILES string of the molecule is C[C@H]1CCCN1Cc1nc2ccc(NC(=O)C3=CCC(CCCCOc4cccc5c4C(=O)N(C4CCC(=O)NC4=O)C5=O)(C(N)=O)C=C3)cc2[nH]1. The molecule has 4 heterocycles. The Labute approximate surface area is 299 Å². The van der Waals surface area contributed by atoms with Gasteiger partial charge in [0.25, 0.3) is 17.7 Å². The molecule has 2 saturated heterocycles. The Balaban J connectivity index is 0.917. The molecule has 3 aromatic rings. The number of nitrogens with one attached hydrogen (secondary N) is 3. The minimum Gasteiger partial charge on any atom is -0.493 e. The van der Waals surface area contributed by atoms with E-state index in [-0.39, 0.29) is 48.7 Å². The molecule has 4 aliphatic rings. The van der Waals surface area contributed by atoms with Crippen LogP contribution in [0.5, 0.6) is 5.75 Å². The van der Waals surface area contributed by atoms with Gasteiger partial charge in [-0.2, -0.15) is 0 Å². The lowest BCUT2D eigenvalue weighted by atomic mass is 9.75. The van der Waals surface area contributed by atoms with Crippen molar-refractivity contribution in [2.45, 2.75) is 76.9 Å². The molecule has 2 aromatic carbocycles. The van der Waals surface area contributed by atoms with Gasteiger partial charge in [0, 0.05) is 23.7 Å². The van der Waals surface area contributed by atoms with E-state index in [2.05, 4.69) is 27.4 Å². The van der Waals surface area contributed by atoms with Gasteiger partial charge in [0.05, 0.1) is 40.7 Å². The van der Waals surface area contributed by atoms with Crippen LogP contribution in [0.15, 0.2) is 60.2 Å². The Kier molecular flexibility index (Phi) is 9.49. The Morgan fingerprint density at radius 3 is 2.67 bits per heavy atom. The van der Waals surface area contributed by atoms with Crippen LogP contribution in [-0.2, 0) is 25.7 Å². The monoisotopic (exact) mass is 707 g/mol. The van der Waals surface area contributed by atoms with Crippen LogP contribution in [0, 0.1) is 5.41 Å². The normalized spacial score (nSPS) is 23.2. The number of rotatable bonds is 12. The van der Waals surface area contributed by atoms with Crippen LogP contribution >= 0.6 is 0 Å². The molecule has 0 radical (unpaired) electrons. The second-order valence-corrected chi connectivity index (χ2v) is 14.0. The first-order valence-electron chi connectivity index (χ1n) is 17.7. The molecule has 2 fully saturated rings. The number of fused-ring (bicyclic) bond motifs is 2. The number of carbonyl (C=O) groups excluding carboxylic acids is 6. The average Bonchev–Trinajstić information content (AvgIpc) is 3.79. The van der Waals surface area contributed by atoms with Gasteiger partial charge >= 0.3 is 0 Å². The van der Waals surface area contributed by atoms with Gasteiger partial charge in [-0.05, 0) is 88.7 Å². The molecule has 7 rings (SSSR count). The number of aromatic amines is 1. The molecule has 270 valence electrons. The molecule has 3 aliphatic heterocycles. The van der Waals surface area contributed by atoms with Gasteiger partial charge in [0.15, 0.2) is 0 Å². The third-order valence-corrected chi connectivity index (χ3v) is 10.6. The number of likely N-dealkylation sites (tertiary alicyclic amines) is 1. The van der Waals surface area contributed by atoms with Crippen LogP contribution in [0.25, 0.3) is 11.0 Å². The summed E-state index contributed by atoms with van der Waals surface area (Å²) in [6, 6.07) is 9.73. The fourth-order valence-electron chi connectivity index (χ4n) is 7.50. The highest BCUT2D eigenvalue weighted by atomic mass is 16.5. The topological polar surface area (TPSA) is 197 Å². The second kappa shape index (κ2) is 14.2. The summed E-state index contributed by atoms with van der Waals surface area (Å²) in [6.45, 7) is 4.25. The number of carbonyl (C=O) groups is 6. The molecular weight excluding hydrogens is 666 g/mol. The maximum Gasteiger partial charge on any atom is 0.266 e. The van der Waals surface area contributed by atoms with E-state index in [1.807, 2.05) is 18.2 Å². The number of amides is 6. The van der Waals surface area contributed by atoms with Crippen molar-refractivity contribution in [3.63, 3.8) is 0 Å². The van der Waals surface area contributed by atoms with E-state index in [9.17, 15) is 28.8 Å². The van der Waals surface area contributed by atoms with Crippen LogP contribution in [0.1, 0.15) is 84.8 Å². The first-order valence-corrected chi connectivity index (χ1v) is 17.7. The number of piperidine rings is 1. The molecular formula is C38H41N7O7. The van der Waals surface area contributed by atoms with Gasteiger partial charge in [0.1, 0.15) is 17.6 Å². The molecule has 0 saturated carbocycles. The minimum atomic E-state index is -1.07. The van der Waals surface area contributed by atoms with Gasteiger partial charge < -0.3 is 20.8 Å². The summed E-state index contributed by atoms with van der Waals surface area (Å²) in [6.07, 6.45) is 9.28. The van der Waals surface area contributed by atoms with E-state index in [1.165, 1.54) is 18.9 Å². The van der Waals surface area contributed by atoms with E-state index in [0.29, 0.717) is 36.6 Å². The Morgan fingerprint density at radius 2 is 1.94 bits per heavy atom. The average molecular weight is 708 g/mol. The van der Waals surface area contributed by atoms with E-state index >= 15 is 0 Å². The summed E-state index contributed by atoms with van der Waals surface area (Å²) in [5, 5.41) is 5.13. The third-order valence-electron chi connectivity index (χ3n) is 10.6. The van der Waals surface area contributed by atoms with Crippen LogP contribution < -0.4 is 21.1 Å². The summed E-state index contributed by atoms with van der Waals surface area (Å²) in [5.41, 5.74) is 7.84. The highest BCUT2D eigenvalue weighted by Gasteiger charge is 2.46. The quantitative estimate of drug-likeness (QED) is 0.161. The Morgan fingerprint density at radius 1 is 1.10 bits per heavy atom. The smallest absolute Gasteiger partial charge is 0.266 e. The molecule has 14 nitrogen and oxygen atoms in total. The Bertz CT molecular complexity index is 2050. The molecule has 14 heteroatoms. The molecule has 0 spiro atoms. The number of primary amides is 1. The number of benzene rings is 2. The van der Waals surface area contributed by atoms with Crippen LogP contribution in [0.3, 0.4) is 0 Å². The lowest BCUT2D eigenvalue weighted by molar-refractivity contribution is -0.136. The van der Waals surface area contributed by atoms with Crippen molar-refractivity contribution in [1.29, 1.82) is 0 Å². The first kappa shape index (κ1) is 34.8. The summed E-state index contributed by atoms with van der Waals surface area (Å²) >= 11 is 0. The number of H-pyrrole nitrogens is 1. The lowest BCUT2D eigenvalue weighted by Gasteiger charge is -2.29. The molecule has 1 aliphatic carbocycles. The van der Waals surface area contributed by atoms with Gasteiger partial charge in [-0.1, -0.05) is 24.3 Å². The predicted molar refractivity (Wildman–Crippen MR) is 190 cm³/mol. The van der Waals surface area contributed by atoms with Crippen molar-refractivity contribution in [2.75, 3.05) is 18.5 Å². The van der Waals surface area contributed by atoms with E-state index < -0.39 is 41.0 Å². The highest BCUT2D eigenvalue weighted by Crippen LogP contribution is 2.37. The van der Waals surface area contributed by atoms with Crippen molar-refractivity contribution < 1.29 is 33.5 Å². The molecule has 0 bridgehead atoms. The second-order valence-electron chi connectivity index (χ2n) is 14.0. The maximum atomic E-state index is 13.3. The summed E-state index contributed by atoms with van der Waals surface area (Å²) < 4.78 is 5.94. The largest absolute Gasteiger partial charge is 0.493 e. The predicted octanol–water partition coefficient (Wildman–Crippen LogP) is 3.49. The Hall–Kier alpha value is -5.63. The maximum absolute atomic E-state index is 13.3. The van der Waals surface area contributed by atoms with E-state index in [0.717, 1.165) is 34.8 Å². The van der Waals surface area contributed by atoms with Crippen molar-refractivity contribution in [3.05, 3.63) is 77.2 Å². The van der Waals surface area contributed by atoms with Crippen molar-refractivity contribution in [3.8, 4) is 5.75 Å². The summed E-state index contributed by atoms with van der Waals surface area (Å²) in [4.78, 5) is 87.6. The number of imide groups is 2. The fraction of sp³-hybridized carbons (Fsp3) is 0.395. The zero-order chi connectivity index (χ0) is 36.6. The van der Waals surface area contributed by atoms with E-state index in [1.54, 1.807) is 30.4 Å². The molecule has 2 unspecified atom stereocenters. The lowest BCUT2D eigenvalue weighted by Crippen LogP contribution is -2.54. The number of anilines is 1. The van der Waals surface area contributed by atoms with Crippen LogP contribution in [0.2, 0.25) is 0 Å². The number of nitrogens with zero attached hydrogens (tertiary/aromatic N) is 3. The van der Waals surface area contributed by atoms with E-state index in [4.69, 9.17) is 15.5 Å². The van der Waals surface area contributed by atoms with Crippen LogP contribution in [-0.4, -0.2) is 80.4 Å². The molecule has 5 N–H and O–H groups in total. The van der Waals surface area contributed by atoms with Gasteiger partial charge in [-0.3, -0.25) is 43.9 Å². The number of unbranched alkanes of at least 4 members (excludes halogenated alkanes) is 1. The minimum absolute atomic E-state index is 0.0298. The molecule has 6 amide bonds. The zero-order valence-corrected chi connectivity index (χ0v) is 28.9. The number of aromatic nitrogens is 2. The number of hydrogen-bond donors (Lipinski definition) is 4. The van der Waals surface area contributed by atoms with Gasteiger partial charge in [-0.15, -0.1) is 0 Å². The number of ether oxygens (including phenoxy) is 1. The standard InChI is InChI=1S/C38H41N7O7/c1-22-6-5-18-44(22)21-30-41-26-10-9-24(20-27(26)42-30)40-33(47)23-13-16-38(17-14-23,37(39)51)15-2-3-19-52-29-8-4-7-25-32(29)36(50)45(35(25)49)28-11-12-31(46)43-34(28)48/h4,7-10,13-14,16,20,22,28H,2-3,5-6,11-12,15,17-19,21H2,1H3,(H2,39,51)(H,40,47)(H,41,42)(H,43,46,48)/t22-,28?,38?/m0/s1. The molecule has 1 aromatic heterocycles. The molecule has 52 heavy (non-hydrogen) atoms. The third kappa shape index (κ3) is 6.73. The van der Waals surface area contributed by atoms with Gasteiger partial charge in [0.2, 0.25) is 17.7 Å². The highest BCUT2D eigenvalue weighted by molar-refractivity contribution is 6.24. The number of imidazole rings is 1. The zero-order valence-electron chi connectivity index (χ0n) is 28.9. The van der Waals surface area contributed by atoms with Crippen LogP contribution in [0.4, 0.5) is 5.69 Å². The molecule has 3 atom stereocenters. The van der Waals surface area contributed by atoms with Crippen molar-refractivity contribution in [1.82, 2.24) is 25.1 Å². The fourth-order valence-corrected chi connectivity index (χ4v) is 7.50.